The average Bonchev–Trinajstić information content (AvgIpc) is 3.23. The first-order valence-electron chi connectivity index (χ1n) is 11.1. The molecular formula is C29H21FN2O3. The predicted molar refractivity (Wildman–Crippen MR) is 135 cm³/mol. The van der Waals surface area contributed by atoms with Gasteiger partial charge in [-0.1, -0.05) is 72.8 Å². The quantitative estimate of drug-likeness (QED) is 0.295. The lowest BCUT2D eigenvalue weighted by Gasteiger charge is -2.08. The number of furan rings is 1. The van der Waals surface area contributed by atoms with E-state index in [2.05, 4.69) is 10.6 Å². The summed E-state index contributed by atoms with van der Waals surface area (Å²) in [5.41, 5.74) is 4.01. The van der Waals surface area contributed by atoms with E-state index >= 15 is 0 Å². The number of hydrogen-bond donors (Lipinski definition) is 2. The lowest BCUT2D eigenvalue weighted by Crippen LogP contribution is -2.18. The maximum absolute atomic E-state index is 13.5. The summed E-state index contributed by atoms with van der Waals surface area (Å²) in [7, 11) is 0. The molecule has 1 heterocycles. The molecule has 172 valence electrons. The monoisotopic (exact) mass is 464 g/mol. The van der Waals surface area contributed by atoms with Gasteiger partial charge in [0.2, 0.25) is 11.7 Å². The van der Waals surface area contributed by atoms with Gasteiger partial charge in [0.05, 0.1) is 6.42 Å². The molecule has 0 atom stereocenters. The van der Waals surface area contributed by atoms with Crippen molar-refractivity contribution in [2.24, 2.45) is 0 Å². The molecule has 1 aromatic heterocycles. The van der Waals surface area contributed by atoms with Gasteiger partial charge in [0.1, 0.15) is 17.1 Å². The van der Waals surface area contributed by atoms with E-state index in [4.69, 9.17) is 4.42 Å². The minimum atomic E-state index is -0.589. The number of carbonyl (C=O) groups is 2. The van der Waals surface area contributed by atoms with E-state index in [1.165, 1.54) is 18.2 Å². The fourth-order valence-electron chi connectivity index (χ4n) is 3.90. The third-order valence-corrected chi connectivity index (χ3v) is 5.57. The van der Waals surface area contributed by atoms with E-state index in [-0.39, 0.29) is 29.5 Å². The van der Waals surface area contributed by atoms with Gasteiger partial charge < -0.3 is 15.1 Å². The molecule has 0 aliphatic heterocycles. The highest BCUT2D eigenvalue weighted by Crippen LogP contribution is 2.32. The molecular weight excluding hydrogens is 443 g/mol. The summed E-state index contributed by atoms with van der Waals surface area (Å²) in [6.07, 6.45) is 0.125. The van der Waals surface area contributed by atoms with Gasteiger partial charge in [0.15, 0.2) is 0 Å². The average molecular weight is 464 g/mol. The Kier molecular flexibility index (Phi) is 6.09. The van der Waals surface area contributed by atoms with Crippen LogP contribution in [0.3, 0.4) is 0 Å². The SMILES string of the molecule is O=C(Cc1ccc(-c2ccccc2)cc1)Nc1c(C(=O)Nc2cccc(F)c2)oc2ccccc12. The number of para-hydroxylation sites is 1. The minimum absolute atomic E-state index is 0.0526. The van der Waals surface area contributed by atoms with Crippen molar-refractivity contribution in [3.63, 3.8) is 0 Å². The molecule has 6 heteroatoms. The largest absolute Gasteiger partial charge is 0.449 e. The standard InChI is InChI=1S/C29H21FN2O3/c30-22-9-6-10-23(18-22)31-29(34)28-27(24-11-4-5-12-25(24)35-28)32-26(33)17-19-13-15-21(16-14-19)20-7-2-1-3-8-20/h1-16,18H,17H2,(H,31,34)(H,32,33). The number of rotatable bonds is 6. The summed E-state index contributed by atoms with van der Waals surface area (Å²) in [6.45, 7) is 0. The zero-order valence-corrected chi connectivity index (χ0v) is 18.6. The Bertz CT molecular complexity index is 1510. The van der Waals surface area contributed by atoms with Crippen molar-refractivity contribution in [2.45, 2.75) is 6.42 Å². The molecule has 2 N–H and O–H groups in total. The molecule has 5 aromatic rings. The highest BCUT2D eigenvalue weighted by molar-refractivity contribution is 6.14. The summed E-state index contributed by atoms with van der Waals surface area (Å²) in [5.74, 6) is -1.40. The van der Waals surface area contributed by atoms with Gasteiger partial charge in [-0.25, -0.2) is 4.39 Å². The van der Waals surface area contributed by atoms with Crippen LogP contribution in [0.4, 0.5) is 15.8 Å². The van der Waals surface area contributed by atoms with Gasteiger partial charge in [0.25, 0.3) is 5.91 Å². The fourth-order valence-corrected chi connectivity index (χ4v) is 3.90. The molecule has 5 rings (SSSR count). The van der Waals surface area contributed by atoms with Crippen LogP contribution in [0, 0.1) is 5.82 Å². The van der Waals surface area contributed by atoms with Crippen LogP contribution in [-0.4, -0.2) is 11.8 Å². The van der Waals surface area contributed by atoms with Gasteiger partial charge in [-0.05, 0) is 47.0 Å². The third kappa shape index (κ3) is 4.96. The third-order valence-electron chi connectivity index (χ3n) is 5.57. The van der Waals surface area contributed by atoms with Crippen molar-refractivity contribution in [1.29, 1.82) is 0 Å². The summed E-state index contributed by atoms with van der Waals surface area (Å²) >= 11 is 0. The van der Waals surface area contributed by atoms with Crippen molar-refractivity contribution >= 4 is 34.2 Å². The molecule has 0 saturated carbocycles. The van der Waals surface area contributed by atoms with E-state index in [1.807, 2.05) is 54.6 Å². The maximum Gasteiger partial charge on any atom is 0.293 e. The highest BCUT2D eigenvalue weighted by atomic mass is 19.1. The summed E-state index contributed by atoms with van der Waals surface area (Å²) in [6, 6.07) is 30.4. The molecule has 0 fully saturated rings. The molecule has 0 spiro atoms. The van der Waals surface area contributed by atoms with Gasteiger partial charge in [0, 0.05) is 11.1 Å². The predicted octanol–water partition coefficient (Wildman–Crippen LogP) is 6.67. The first-order valence-corrected chi connectivity index (χ1v) is 11.1. The lowest BCUT2D eigenvalue weighted by molar-refractivity contribution is -0.115. The molecule has 0 bridgehead atoms. The second-order valence-electron chi connectivity index (χ2n) is 8.05. The summed E-state index contributed by atoms with van der Waals surface area (Å²) in [4.78, 5) is 25.9. The van der Waals surface area contributed by atoms with Crippen LogP contribution in [-0.2, 0) is 11.2 Å². The highest BCUT2D eigenvalue weighted by Gasteiger charge is 2.22. The van der Waals surface area contributed by atoms with Crippen LogP contribution in [0.1, 0.15) is 16.1 Å². The van der Waals surface area contributed by atoms with E-state index in [1.54, 1.807) is 30.3 Å². The molecule has 5 nitrogen and oxygen atoms in total. The Morgan fingerprint density at radius 2 is 1.46 bits per heavy atom. The Morgan fingerprint density at radius 1 is 0.743 bits per heavy atom. The van der Waals surface area contributed by atoms with E-state index in [0.717, 1.165) is 16.7 Å². The first-order chi connectivity index (χ1) is 17.1. The Hall–Kier alpha value is -4.71. The fraction of sp³-hybridized carbons (Fsp3) is 0.0345. The molecule has 0 saturated heterocycles. The van der Waals surface area contributed by atoms with Crippen molar-refractivity contribution < 1.29 is 18.4 Å². The van der Waals surface area contributed by atoms with Gasteiger partial charge in [-0.2, -0.15) is 0 Å². The van der Waals surface area contributed by atoms with Crippen LogP contribution in [0.25, 0.3) is 22.1 Å². The normalized spacial score (nSPS) is 10.8. The van der Waals surface area contributed by atoms with Crippen LogP contribution >= 0.6 is 0 Å². The number of fused-ring (bicyclic) bond motifs is 1. The van der Waals surface area contributed by atoms with Crippen LogP contribution in [0.15, 0.2) is 108 Å². The van der Waals surface area contributed by atoms with E-state index in [9.17, 15) is 14.0 Å². The van der Waals surface area contributed by atoms with Crippen LogP contribution < -0.4 is 10.6 Å². The number of amides is 2. The zero-order chi connectivity index (χ0) is 24.2. The Balaban J connectivity index is 1.36. The molecule has 0 aliphatic carbocycles. The topological polar surface area (TPSA) is 71.3 Å². The molecule has 0 unspecified atom stereocenters. The second-order valence-corrected chi connectivity index (χ2v) is 8.05. The number of anilines is 2. The van der Waals surface area contributed by atoms with Crippen molar-refractivity contribution in [3.05, 3.63) is 120 Å². The van der Waals surface area contributed by atoms with Crippen molar-refractivity contribution in [3.8, 4) is 11.1 Å². The lowest BCUT2D eigenvalue weighted by atomic mass is 10.0. The first kappa shape index (κ1) is 22.1. The number of benzene rings is 4. The minimum Gasteiger partial charge on any atom is -0.449 e. The number of carbonyl (C=O) groups excluding carboxylic acids is 2. The van der Waals surface area contributed by atoms with Gasteiger partial charge >= 0.3 is 0 Å². The van der Waals surface area contributed by atoms with Crippen molar-refractivity contribution in [2.75, 3.05) is 10.6 Å². The molecule has 0 radical (unpaired) electrons. The Labute approximate surface area is 201 Å². The Morgan fingerprint density at radius 3 is 2.23 bits per heavy atom. The number of hydrogen-bond acceptors (Lipinski definition) is 3. The molecule has 0 aliphatic rings. The van der Waals surface area contributed by atoms with E-state index in [0.29, 0.717) is 11.0 Å². The number of halogens is 1. The molecule has 4 aromatic carbocycles. The van der Waals surface area contributed by atoms with E-state index < -0.39 is 11.7 Å². The smallest absolute Gasteiger partial charge is 0.293 e. The van der Waals surface area contributed by atoms with Gasteiger partial charge in [-0.15, -0.1) is 0 Å². The molecule has 2 amide bonds. The summed E-state index contributed by atoms with van der Waals surface area (Å²) < 4.78 is 19.3. The van der Waals surface area contributed by atoms with Crippen molar-refractivity contribution in [1.82, 2.24) is 0 Å². The van der Waals surface area contributed by atoms with Crippen LogP contribution in [0.2, 0.25) is 0 Å². The number of nitrogens with one attached hydrogen (secondary N) is 2. The molecule has 35 heavy (non-hydrogen) atoms. The zero-order valence-electron chi connectivity index (χ0n) is 18.6. The van der Waals surface area contributed by atoms with Gasteiger partial charge in [-0.3, -0.25) is 9.59 Å². The maximum atomic E-state index is 13.5. The summed E-state index contributed by atoms with van der Waals surface area (Å²) in [5, 5.41) is 6.06. The second kappa shape index (κ2) is 9.65. The van der Waals surface area contributed by atoms with Crippen LogP contribution in [0.5, 0.6) is 0 Å².